The van der Waals surface area contributed by atoms with Crippen LogP contribution in [0.2, 0.25) is 0 Å². The minimum Gasteiger partial charge on any atom is -0.337 e. The lowest BCUT2D eigenvalue weighted by Gasteiger charge is -2.23. The molecule has 0 spiro atoms. The molecule has 1 aromatic rings. The maximum Gasteiger partial charge on any atom is 0.239 e. The van der Waals surface area contributed by atoms with Crippen molar-refractivity contribution in [3.63, 3.8) is 0 Å². The molecule has 0 saturated heterocycles. The van der Waals surface area contributed by atoms with Crippen molar-refractivity contribution in [3.05, 3.63) is 18.2 Å². The fraction of sp³-hybridized carbons (Fsp3) is 0.636. The molecule has 5 heteroatoms. The summed E-state index contributed by atoms with van der Waals surface area (Å²) in [7, 11) is 3.66. The lowest BCUT2D eigenvalue weighted by molar-refractivity contribution is -0.132. The van der Waals surface area contributed by atoms with E-state index in [1.165, 1.54) is 0 Å². The van der Waals surface area contributed by atoms with E-state index in [4.69, 9.17) is 5.73 Å². The van der Waals surface area contributed by atoms with Crippen molar-refractivity contribution in [1.82, 2.24) is 14.5 Å². The highest BCUT2D eigenvalue weighted by Crippen LogP contribution is 2.05. The Hall–Kier alpha value is -1.36. The van der Waals surface area contributed by atoms with Gasteiger partial charge in [-0.05, 0) is 5.92 Å². The van der Waals surface area contributed by atoms with Gasteiger partial charge in [0, 0.05) is 26.5 Å². The molecule has 1 aromatic heterocycles. The average Bonchev–Trinajstić information content (AvgIpc) is 2.62. The predicted molar refractivity (Wildman–Crippen MR) is 62.5 cm³/mol. The van der Waals surface area contributed by atoms with Crippen LogP contribution in [0.4, 0.5) is 0 Å². The Morgan fingerprint density at radius 3 is 2.69 bits per heavy atom. The zero-order chi connectivity index (χ0) is 12.3. The first-order valence-corrected chi connectivity index (χ1v) is 5.40. The van der Waals surface area contributed by atoms with Crippen LogP contribution in [0.25, 0.3) is 0 Å². The number of rotatable bonds is 4. The summed E-state index contributed by atoms with van der Waals surface area (Å²) in [5, 5.41) is 0. The van der Waals surface area contributed by atoms with E-state index < -0.39 is 6.04 Å². The zero-order valence-corrected chi connectivity index (χ0v) is 10.3. The van der Waals surface area contributed by atoms with Crippen LogP contribution in [0.3, 0.4) is 0 Å². The second kappa shape index (κ2) is 5.12. The van der Waals surface area contributed by atoms with Crippen molar-refractivity contribution >= 4 is 5.91 Å². The van der Waals surface area contributed by atoms with Crippen LogP contribution in [0.15, 0.2) is 12.4 Å². The summed E-state index contributed by atoms with van der Waals surface area (Å²) in [6, 6.07) is -0.440. The van der Waals surface area contributed by atoms with E-state index in [0.29, 0.717) is 6.54 Å². The zero-order valence-electron chi connectivity index (χ0n) is 10.3. The molecule has 16 heavy (non-hydrogen) atoms. The number of aromatic nitrogens is 2. The smallest absolute Gasteiger partial charge is 0.239 e. The van der Waals surface area contributed by atoms with Crippen LogP contribution in [0, 0.1) is 5.92 Å². The summed E-state index contributed by atoms with van der Waals surface area (Å²) in [5.41, 5.74) is 5.81. The lowest BCUT2D eigenvalue weighted by Crippen LogP contribution is -2.44. The molecule has 1 heterocycles. The minimum atomic E-state index is -0.440. The summed E-state index contributed by atoms with van der Waals surface area (Å²) >= 11 is 0. The summed E-state index contributed by atoms with van der Waals surface area (Å²) in [5.74, 6) is 0.959. The van der Waals surface area contributed by atoms with E-state index in [9.17, 15) is 4.79 Å². The maximum atomic E-state index is 11.9. The van der Waals surface area contributed by atoms with Gasteiger partial charge in [0.05, 0.1) is 12.6 Å². The molecule has 0 aliphatic heterocycles. The van der Waals surface area contributed by atoms with Crippen LogP contribution in [-0.2, 0) is 18.4 Å². The molecule has 1 rings (SSSR count). The van der Waals surface area contributed by atoms with Gasteiger partial charge in [-0.1, -0.05) is 13.8 Å². The van der Waals surface area contributed by atoms with E-state index in [0.717, 1.165) is 5.82 Å². The Morgan fingerprint density at radius 1 is 1.62 bits per heavy atom. The van der Waals surface area contributed by atoms with Crippen LogP contribution in [-0.4, -0.2) is 33.4 Å². The molecule has 0 saturated carbocycles. The number of hydrogen-bond donors (Lipinski definition) is 1. The quantitative estimate of drug-likeness (QED) is 0.803. The first-order valence-electron chi connectivity index (χ1n) is 5.40. The third-order valence-electron chi connectivity index (χ3n) is 2.68. The van der Waals surface area contributed by atoms with Crippen LogP contribution < -0.4 is 5.73 Å². The van der Waals surface area contributed by atoms with Crippen LogP contribution in [0.1, 0.15) is 19.7 Å². The minimum absolute atomic E-state index is 0.0435. The Balaban J connectivity index is 2.62. The number of amides is 1. The Kier molecular flexibility index (Phi) is 4.06. The van der Waals surface area contributed by atoms with Crippen molar-refractivity contribution in [2.24, 2.45) is 18.7 Å². The number of nitrogens with zero attached hydrogens (tertiary/aromatic N) is 3. The summed E-state index contributed by atoms with van der Waals surface area (Å²) < 4.78 is 1.89. The number of imidazole rings is 1. The summed E-state index contributed by atoms with van der Waals surface area (Å²) in [4.78, 5) is 17.7. The van der Waals surface area contributed by atoms with E-state index >= 15 is 0 Å². The molecular formula is C11H20N4O. The molecule has 2 N–H and O–H groups in total. The first kappa shape index (κ1) is 12.7. The molecule has 90 valence electrons. The van der Waals surface area contributed by atoms with Gasteiger partial charge in [-0.3, -0.25) is 4.79 Å². The van der Waals surface area contributed by atoms with Gasteiger partial charge in [0.25, 0.3) is 0 Å². The van der Waals surface area contributed by atoms with E-state index in [1.54, 1.807) is 18.1 Å². The lowest BCUT2D eigenvalue weighted by atomic mass is 10.0. The van der Waals surface area contributed by atoms with E-state index in [2.05, 4.69) is 4.98 Å². The number of carbonyl (C=O) groups excluding carboxylic acids is 1. The van der Waals surface area contributed by atoms with Gasteiger partial charge in [-0.15, -0.1) is 0 Å². The summed E-state index contributed by atoms with van der Waals surface area (Å²) in [6.07, 6.45) is 3.58. The highest BCUT2D eigenvalue weighted by molar-refractivity contribution is 5.81. The first-order chi connectivity index (χ1) is 7.43. The third kappa shape index (κ3) is 2.82. The van der Waals surface area contributed by atoms with Gasteiger partial charge in [0.1, 0.15) is 5.82 Å². The molecule has 5 nitrogen and oxygen atoms in total. The van der Waals surface area contributed by atoms with Crippen molar-refractivity contribution in [2.75, 3.05) is 7.05 Å². The van der Waals surface area contributed by atoms with E-state index in [1.807, 2.05) is 31.7 Å². The second-order valence-corrected chi connectivity index (χ2v) is 4.42. The average molecular weight is 224 g/mol. The number of likely N-dealkylation sites (N-methyl/N-ethyl adjacent to an activating group) is 1. The molecule has 0 unspecified atom stereocenters. The standard InChI is InChI=1S/C11H20N4O/c1-8(2)10(12)11(16)15(4)7-9-13-5-6-14(9)3/h5-6,8,10H,7,12H2,1-4H3/t10-/m0/s1. The molecule has 0 bridgehead atoms. The maximum absolute atomic E-state index is 11.9. The van der Waals surface area contributed by atoms with Crippen molar-refractivity contribution < 1.29 is 4.79 Å². The van der Waals surface area contributed by atoms with Gasteiger partial charge >= 0.3 is 0 Å². The van der Waals surface area contributed by atoms with Gasteiger partial charge in [0.15, 0.2) is 0 Å². The van der Waals surface area contributed by atoms with Gasteiger partial charge < -0.3 is 15.2 Å². The van der Waals surface area contributed by atoms with Gasteiger partial charge in [-0.2, -0.15) is 0 Å². The van der Waals surface area contributed by atoms with Crippen molar-refractivity contribution in [3.8, 4) is 0 Å². The Morgan fingerprint density at radius 2 is 2.25 bits per heavy atom. The largest absolute Gasteiger partial charge is 0.337 e. The Bertz CT molecular complexity index is 359. The topological polar surface area (TPSA) is 64.2 Å². The molecule has 1 amide bonds. The summed E-state index contributed by atoms with van der Waals surface area (Å²) in [6.45, 7) is 4.37. The number of hydrogen-bond acceptors (Lipinski definition) is 3. The fourth-order valence-corrected chi connectivity index (χ4v) is 1.38. The highest BCUT2D eigenvalue weighted by atomic mass is 16.2. The van der Waals surface area contributed by atoms with Crippen molar-refractivity contribution in [1.29, 1.82) is 0 Å². The molecule has 0 aromatic carbocycles. The van der Waals surface area contributed by atoms with E-state index in [-0.39, 0.29) is 11.8 Å². The third-order valence-corrected chi connectivity index (χ3v) is 2.68. The SMILES string of the molecule is CC(C)[C@H](N)C(=O)N(C)Cc1nccn1C. The molecule has 1 atom stereocenters. The second-order valence-electron chi connectivity index (χ2n) is 4.42. The number of carbonyl (C=O) groups is 1. The van der Waals surface area contributed by atoms with Crippen molar-refractivity contribution in [2.45, 2.75) is 26.4 Å². The van der Waals surface area contributed by atoms with Crippen LogP contribution in [0.5, 0.6) is 0 Å². The normalized spacial score (nSPS) is 12.9. The predicted octanol–water partition coefficient (Wildman–Crippen LogP) is 0.362. The fourth-order valence-electron chi connectivity index (χ4n) is 1.38. The van der Waals surface area contributed by atoms with Gasteiger partial charge in [0.2, 0.25) is 5.91 Å². The molecule has 0 fully saturated rings. The Labute approximate surface area is 96.3 Å². The molecule has 0 aliphatic rings. The molecule has 0 aliphatic carbocycles. The van der Waals surface area contributed by atoms with Crippen LogP contribution >= 0.6 is 0 Å². The number of aryl methyl sites for hydroxylation is 1. The monoisotopic (exact) mass is 224 g/mol. The molecule has 0 radical (unpaired) electrons. The number of nitrogens with two attached hydrogens (primary N) is 1. The highest BCUT2D eigenvalue weighted by Gasteiger charge is 2.21. The van der Waals surface area contributed by atoms with Gasteiger partial charge in [-0.25, -0.2) is 4.98 Å². The molecular weight excluding hydrogens is 204 g/mol.